The van der Waals surface area contributed by atoms with E-state index in [0.29, 0.717) is 29.5 Å². The summed E-state index contributed by atoms with van der Waals surface area (Å²) in [5.41, 5.74) is 2.60. The Hall–Kier alpha value is -2.20. The molecule has 0 unspecified atom stereocenters. The Labute approximate surface area is 127 Å². The van der Waals surface area contributed by atoms with Crippen molar-refractivity contribution in [2.24, 2.45) is 0 Å². The zero-order valence-electron chi connectivity index (χ0n) is 11.3. The lowest BCUT2D eigenvalue weighted by atomic mass is 10.1. The number of amides is 1. The lowest BCUT2D eigenvalue weighted by molar-refractivity contribution is 0.0950. The molecule has 1 N–H and O–H groups in total. The summed E-state index contributed by atoms with van der Waals surface area (Å²) < 4.78 is 10.5. The number of ether oxygens (including phenoxy) is 2. The molecule has 2 aromatic carbocycles. The van der Waals surface area contributed by atoms with Gasteiger partial charge in [0, 0.05) is 18.0 Å². The molecule has 1 aliphatic rings. The van der Waals surface area contributed by atoms with Crippen molar-refractivity contribution in [1.29, 1.82) is 0 Å². The maximum atomic E-state index is 12.1. The summed E-state index contributed by atoms with van der Waals surface area (Å²) in [6.45, 7) is 0.656. The Kier molecular flexibility index (Phi) is 3.97. The smallest absolute Gasteiger partial charge is 0.251 e. The van der Waals surface area contributed by atoms with E-state index in [2.05, 4.69) is 5.32 Å². The molecular weight excluding hydrogens is 290 g/mol. The summed E-state index contributed by atoms with van der Waals surface area (Å²) in [6, 6.07) is 13.0. The standard InChI is InChI=1S/C16H14ClNO3/c17-8-11-2-1-3-12(6-11)9-18-16(19)13-4-5-14-15(7-13)21-10-20-14/h1-7H,8-10H2,(H,18,19). The van der Waals surface area contributed by atoms with Crippen LogP contribution in [-0.2, 0) is 12.4 Å². The van der Waals surface area contributed by atoms with E-state index in [4.69, 9.17) is 21.1 Å². The van der Waals surface area contributed by atoms with Crippen LogP contribution in [0, 0.1) is 0 Å². The summed E-state index contributed by atoms with van der Waals surface area (Å²) in [5, 5.41) is 2.88. The van der Waals surface area contributed by atoms with Crippen molar-refractivity contribution < 1.29 is 14.3 Å². The Balaban J connectivity index is 1.66. The van der Waals surface area contributed by atoms with E-state index in [0.717, 1.165) is 11.1 Å². The second-order valence-electron chi connectivity index (χ2n) is 4.70. The number of halogens is 1. The zero-order chi connectivity index (χ0) is 14.7. The number of carbonyl (C=O) groups excluding carboxylic acids is 1. The van der Waals surface area contributed by atoms with Gasteiger partial charge < -0.3 is 14.8 Å². The molecule has 0 radical (unpaired) electrons. The Bertz CT molecular complexity index is 672. The molecule has 0 spiro atoms. The van der Waals surface area contributed by atoms with E-state index in [9.17, 15) is 4.79 Å². The van der Waals surface area contributed by atoms with Crippen molar-refractivity contribution in [1.82, 2.24) is 5.32 Å². The van der Waals surface area contributed by atoms with Crippen LogP contribution in [0.3, 0.4) is 0 Å². The Morgan fingerprint density at radius 2 is 1.90 bits per heavy atom. The lowest BCUT2D eigenvalue weighted by Crippen LogP contribution is -2.22. The largest absolute Gasteiger partial charge is 0.454 e. The van der Waals surface area contributed by atoms with Gasteiger partial charge in [0.15, 0.2) is 11.5 Å². The molecule has 2 aromatic rings. The second kappa shape index (κ2) is 6.06. The number of fused-ring (bicyclic) bond motifs is 1. The van der Waals surface area contributed by atoms with Gasteiger partial charge >= 0.3 is 0 Å². The van der Waals surface area contributed by atoms with Gasteiger partial charge in [-0.05, 0) is 29.3 Å². The molecule has 5 heteroatoms. The minimum absolute atomic E-state index is 0.149. The summed E-state index contributed by atoms with van der Waals surface area (Å²) in [6.07, 6.45) is 0. The molecule has 0 saturated carbocycles. The van der Waals surface area contributed by atoms with Crippen molar-refractivity contribution in [3.8, 4) is 11.5 Å². The van der Waals surface area contributed by atoms with Crippen LogP contribution in [0.2, 0.25) is 0 Å². The maximum absolute atomic E-state index is 12.1. The first-order valence-corrected chi connectivity index (χ1v) is 7.11. The van der Waals surface area contributed by atoms with Crippen molar-refractivity contribution in [2.45, 2.75) is 12.4 Å². The predicted molar refractivity (Wildman–Crippen MR) is 79.7 cm³/mol. The van der Waals surface area contributed by atoms with Crippen molar-refractivity contribution in [3.05, 3.63) is 59.2 Å². The molecule has 0 aliphatic carbocycles. The van der Waals surface area contributed by atoms with Gasteiger partial charge in [-0.15, -0.1) is 11.6 Å². The number of rotatable bonds is 4. The number of benzene rings is 2. The van der Waals surface area contributed by atoms with Crippen LogP contribution < -0.4 is 14.8 Å². The maximum Gasteiger partial charge on any atom is 0.251 e. The third-order valence-electron chi connectivity index (χ3n) is 3.23. The van der Waals surface area contributed by atoms with E-state index < -0.39 is 0 Å². The third kappa shape index (κ3) is 3.11. The van der Waals surface area contributed by atoms with E-state index in [1.807, 2.05) is 24.3 Å². The van der Waals surface area contributed by atoms with E-state index in [1.165, 1.54) is 0 Å². The van der Waals surface area contributed by atoms with Gasteiger partial charge in [0.25, 0.3) is 5.91 Å². The Morgan fingerprint density at radius 3 is 2.76 bits per heavy atom. The van der Waals surface area contributed by atoms with Crippen LogP contribution in [-0.4, -0.2) is 12.7 Å². The minimum Gasteiger partial charge on any atom is -0.454 e. The van der Waals surface area contributed by atoms with Crippen molar-refractivity contribution in [3.63, 3.8) is 0 Å². The first-order valence-electron chi connectivity index (χ1n) is 6.58. The first-order chi connectivity index (χ1) is 10.3. The molecule has 0 atom stereocenters. The molecule has 1 heterocycles. The van der Waals surface area contributed by atoms with E-state index in [1.54, 1.807) is 18.2 Å². The highest BCUT2D eigenvalue weighted by molar-refractivity contribution is 6.17. The molecule has 1 aliphatic heterocycles. The van der Waals surface area contributed by atoms with Crippen LogP contribution in [0.25, 0.3) is 0 Å². The molecule has 4 nitrogen and oxygen atoms in total. The van der Waals surface area contributed by atoms with Gasteiger partial charge in [0.05, 0.1) is 0 Å². The van der Waals surface area contributed by atoms with E-state index in [-0.39, 0.29) is 12.7 Å². The van der Waals surface area contributed by atoms with Gasteiger partial charge in [0.1, 0.15) is 0 Å². The molecule has 1 amide bonds. The van der Waals surface area contributed by atoms with Gasteiger partial charge in [-0.2, -0.15) is 0 Å². The van der Waals surface area contributed by atoms with Gasteiger partial charge in [-0.25, -0.2) is 0 Å². The van der Waals surface area contributed by atoms with Crippen LogP contribution in [0.1, 0.15) is 21.5 Å². The van der Waals surface area contributed by atoms with Crippen LogP contribution >= 0.6 is 11.6 Å². The molecule has 108 valence electrons. The third-order valence-corrected chi connectivity index (χ3v) is 3.54. The summed E-state index contributed by atoms with van der Waals surface area (Å²) >= 11 is 5.80. The quantitative estimate of drug-likeness (QED) is 0.883. The highest BCUT2D eigenvalue weighted by atomic mass is 35.5. The minimum atomic E-state index is -0.149. The lowest BCUT2D eigenvalue weighted by Gasteiger charge is -2.07. The molecule has 0 saturated heterocycles. The van der Waals surface area contributed by atoms with E-state index >= 15 is 0 Å². The number of hydrogen-bond donors (Lipinski definition) is 1. The van der Waals surface area contributed by atoms with Gasteiger partial charge in [-0.3, -0.25) is 4.79 Å². The summed E-state index contributed by atoms with van der Waals surface area (Å²) in [5.74, 6) is 1.59. The highest BCUT2D eigenvalue weighted by Gasteiger charge is 2.15. The van der Waals surface area contributed by atoms with Crippen LogP contribution in [0.5, 0.6) is 11.5 Å². The zero-order valence-corrected chi connectivity index (χ0v) is 12.0. The summed E-state index contributed by atoms with van der Waals surface area (Å²) in [7, 11) is 0. The number of carbonyl (C=O) groups is 1. The topological polar surface area (TPSA) is 47.6 Å². The average molecular weight is 304 g/mol. The van der Waals surface area contributed by atoms with Gasteiger partial charge in [-0.1, -0.05) is 24.3 Å². The summed E-state index contributed by atoms with van der Waals surface area (Å²) in [4.78, 5) is 12.1. The average Bonchev–Trinajstić information content (AvgIpc) is 3.00. The Morgan fingerprint density at radius 1 is 1.10 bits per heavy atom. The monoisotopic (exact) mass is 303 g/mol. The highest BCUT2D eigenvalue weighted by Crippen LogP contribution is 2.32. The molecule has 0 aromatic heterocycles. The SMILES string of the molecule is O=C(NCc1cccc(CCl)c1)c1ccc2c(c1)OCO2. The number of hydrogen-bond acceptors (Lipinski definition) is 3. The fourth-order valence-corrected chi connectivity index (χ4v) is 2.31. The molecule has 3 rings (SSSR count). The second-order valence-corrected chi connectivity index (χ2v) is 4.97. The normalized spacial score (nSPS) is 12.2. The predicted octanol–water partition coefficient (Wildman–Crippen LogP) is 3.08. The molecule has 0 bridgehead atoms. The van der Waals surface area contributed by atoms with Gasteiger partial charge in [0.2, 0.25) is 6.79 Å². The fraction of sp³-hybridized carbons (Fsp3) is 0.188. The number of alkyl halides is 1. The first kappa shape index (κ1) is 13.8. The number of nitrogens with one attached hydrogen (secondary N) is 1. The van der Waals surface area contributed by atoms with Crippen LogP contribution in [0.4, 0.5) is 0 Å². The van der Waals surface area contributed by atoms with Crippen molar-refractivity contribution >= 4 is 17.5 Å². The van der Waals surface area contributed by atoms with Crippen molar-refractivity contribution in [2.75, 3.05) is 6.79 Å². The molecule has 0 fully saturated rings. The molecule has 21 heavy (non-hydrogen) atoms. The fourth-order valence-electron chi connectivity index (χ4n) is 2.14. The van der Waals surface area contributed by atoms with Crippen LogP contribution in [0.15, 0.2) is 42.5 Å². The molecular formula is C16H14ClNO3.